The van der Waals surface area contributed by atoms with Crippen molar-refractivity contribution in [3.8, 4) is 17.1 Å². The number of carbonyl (C=O) groups is 1. The lowest BCUT2D eigenvalue weighted by Crippen LogP contribution is -2.21. The number of aromatic nitrogens is 3. The zero-order valence-electron chi connectivity index (χ0n) is 16.4. The van der Waals surface area contributed by atoms with E-state index in [1.54, 1.807) is 0 Å². The molecule has 7 heteroatoms. The van der Waals surface area contributed by atoms with Crippen LogP contribution >= 0.6 is 0 Å². The van der Waals surface area contributed by atoms with Gasteiger partial charge in [-0.25, -0.2) is 4.98 Å². The molecule has 0 bridgehead atoms. The number of aryl methyl sites for hydroxylation is 3. The quantitative estimate of drug-likeness (QED) is 0.550. The molecule has 4 aromatic rings. The Balaban J connectivity index is 1.56. The monoisotopic (exact) mass is 388 g/mol. The molecule has 0 unspecified atom stereocenters. The van der Waals surface area contributed by atoms with E-state index in [0.29, 0.717) is 16.8 Å². The van der Waals surface area contributed by atoms with Crippen molar-refractivity contribution in [3.05, 3.63) is 65.5 Å². The second-order valence-electron chi connectivity index (χ2n) is 6.87. The zero-order valence-corrected chi connectivity index (χ0v) is 16.4. The van der Waals surface area contributed by atoms with Gasteiger partial charge in [-0.3, -0.25) is 4.79 Å². The molecule has 2 aromatic heterocycles. The number of amides is 1. The first kappa shape index (κ1) is 18.6. The summed E-state index contributed by atoms with van der Waals surface area (Å²) in [4.78, 5) is 20.8. The highest BCUT2D eigenvalue weighted by Gasteiger charge is 2.18. The minimum atomic E-state index is -0.274. The average Bonchev–Trinajstić information content (AvgIpc) is 3.14. The first-order valence-electron chi connectivity index (χ1n) is 9.19. The Morgan fingerprint density at radius 2 is 1.79 bits per heavy atom. The number of fused-ring (bicyclic) bond motifs is 1. The van der Waals surface area contributed by atoms with Gasteiger partial charge >= 0.3 is 0 Å². The normalized spacial score (nSPS) is 10.9. The molecule has 29 heavy (non-hydrogen) atoms. The molecule has 0 radical (unpaired) electrons. The maximum absolute atomic E-state index is 12.5. The fourth-order valence-corrected chi connectivity index (χ4v) is 3.35. The Bertz CT molecular complexity index is 1160. The number of ether oxygens (including phenoxy) is 1. The Kier molecular flexibility index (Phi) is 4.95. The van der Waals surface area contributed by atoms with E-state index in [2.05, 4.69) is 20.4 Å². The van der Waals surface area contributed by atoms with Crippen LogP contribution in [-0.2, 0) is 4.79 Å². The maximum atomic E-state index is 12.5. The van der Waals surface area contributed by atoms with Gasteiger partial charge in [-0.05, 0) is 31.9 Å². The molecule has 146 valence electrons. The van der Waals surface area contributed by atoms with Gasteiger partial charge in [0, 0.05) is 11.3 Å². The smallest absolute Gasteiger partial charge is 0.265 e. The van der Waals surface area contributed by atoms with Crippen LogP contribution in [0, 0.1) is 20.8 Å². The summed E-state index contributed by atoms with van der Waals surface area (Å²) in [5, 5.41) is 7.55. The van der Waals surface area contributed by atoms with Gasteiger partial charge in [-0.2, -0.15) is 4.98 Å². The van der Waals surface area contributed by atoms with Crippen LogP contribution in [0.15, 0.2) is 53.3 Å². The van der Waals surface area contributed by atoms with Crippen molar-refractivity contribution in [2.45, 2.75) is 20.8 Å². The molecule has 0 saturated carbocycles. The van der Waals surface area contributed by atoms with Crippen LogP contribution in [0.1, 0.15) is 16.7 Å². The number of hydrogen-bond donors (Lipinski definition) is 1. The third-order valence-electron chi connectivity index (χ3n) is 4.57. The van der Waals surface area contributed by atoms with Crippen LogP contribution in [0.4, 0.5) is 5.69 Å². The first-order valence-corrected chi connectivity index (χ1v) is 9.19. The summed E-state index contributed by atoms with van der Waals surface area (Å²) in [5.74, 6) is -0.0212. The van der Waals surface area contributed by atoms with Crippen molar-refractivity contribution in [3.63, 3.8) is 0 Å². The molecular formula is C22H20N4O3. The molecule has 4 rings (SSSR count). The van der Waals surface area contributed by atoms with Crippen LogP contribution in [0.2, 0.25) is 0 Å². The number of anilines is 1. The lowest BCUT2D eigenvalue weighted by atomic mass is 10.1. The van der Waals surface area contributed by atoms with Gasteiger partial charge in [-0.15, -0.1) is 0 Å². The maximum Gasteiger partial charge on any atom is 0.265 e. The number of nitrogens with one attached hydrogen (secondary N) is 1. The molecule has 0 saturated heterocycles. The minimum Gasteiger partial charge on any atom is -0.467 e. The van der Waals surface area contributed by atoms with Crippen molar-refractivity contribution in [1.29, 1.82) is 0 Å². The summed E-state index contributed by atoms with van der Waals surface area (Å²) in [7, 11) is 0. The predicted octanol–water partition coefficient (Wildman–Crippen LogP) is 4.23. The Labute approximate surface area is 167 Å². The number of nitrogens with zero attached hydrogens (tertiary/aromatic N) is 3. The lowest BCUT2D eigenvalue weighted by molar-refractivity contribution is -0.118. The van der Waals surface area contributed by atoms with Crippen molar-refractivity contribution in [1.82, 2.24) is 15.1 Å². The topological polar surface area (TPSA) is 90.1 Å². The van der Waals surface area contributed by atoms with Crippen molar-refractivity contribution < 1.29 is 14.1 Å². The summed E-state index contributed by atoms with van der Waals surface area (Å²) in [5.41, 5.74) is 5.68. The molecule has 1 amide bonds. The van der Waals surface area contributed by atoms with Crippen LogP contribution in [0.25, 0.3) is 22.4 Å². The van der Waals surface area contributed by atoms with E-state index in [1.165, 1.54) is 6.33 Å². The fraction of sp³-hybridized carbons (Fsp3) is 0.182. The second kappa shape index (κ2) is 7.71. The highest BCUT2D eigenvalue weighted by Crippen LogP contribution is 2.32. The van der Waals surface area contributed by atoms with E-state index >= 15 is 0 Å². The number of benzene rings is 2. The lowest BCUT2D eigenvalue weighted by Gasteiger charge is -2.13. The van der Waals surface area contributed by atoms with E-state index in [1.807, 2.05) is 63.2 Å². The van der Waals surface area contributed by atoms with E-state index in [4.69, 9.17) is 9.26 Å². The highest BCUT2D eigenvalue weighted by atomic mass is 16.5. The Morgan fingerprint density at radius 1 is 1.07 bits per heavy atom. The first-order chi connectivity index (χ1) is 14.0. The molecule has 0 aliphatic rings. The number of rotatable bonds is 5. The van der Waals surface area contributed by atoms with Gasteiger partial charge in [0.25, 0.3) is 11.6 Å². The third kappa shape index (κ3) is 3.80. The summed E-state index contributed by atoms with van der Waals surface area (Å²) < 4.78 is 11.0. The van der Waals surface area contributed by atoms with E-state index in [0.717, 1.165) is 27.9 Å². The van der Waals surface area contributed by atoms with E-state index < -0.39 is 0 Å². The number of hydrogen-bond acceptors (Lipinski definition) is 6. The molecule has 1 N–H and O–H groups in total. The molecular weight excluding hydrogens is 368 g/mol. The van der Waals surface area contributed by atoms with Crippen molar-refractivity contribution in [2.75, 3.05) is 11.9 Å². The molecule has 2 heterocycles. The standard InChI is InChI=1S/C22H20N4O3/c1-13-9-14(2)19(15(3)10-13)25-17(27)11-28-21-18-20(16-7-5-4-6-8-16)26-29-22(18)24-12-23-21/h4-10,12H,11H2,1-3H3,(H,25,27). The molecule has 7 nitrogen and oxygen atoms in total. The van der Waals surface area contributed by atoms with E-state index in [-0.39, 0.29) is 18.4 Å². The minimum absolute atomic E-state index is 0.196. The Hall–Kier alpha value is -3.74. The second-order valence-corrected chi connectivity index (χ2v) is 6.87. The Morgan fingerprint density at radius 3 is 2.52 bits per heavy atom. The molecule has 0 atom stereocenters. The van der Waals surface area contributed by atoms with Crippen LogP contribution in [-0.4, -0.2) is 27.6 Å². The van der Waals surface area contributed by atoms with Crippen molar-refractivity contribution in [2.24, 2.45) is 0 Å². The summed E-state index contributed by atoms with van der Waals surface area (Å²) in [6.07, 6.45) is 1.32. The summed E-state index contributed by atoms with van der Waals surface area (Å²) in [6, 6.07) is 13.6. The van der Waals surface area contributed by atoms with E-state index in [9.17, 15) is 4.79 Å². The van der Waals surface area contributed by atoms with Crippen LogP contribution in [0.5, 0.6) is 5.88 Å². The zero-order chi connectivity index (χ0) is 20.4. The van der Waals surface area contributed by atoms with Gasteiger partial charge in [0.05, 0.1) is 0 Å². The SMILES string of the molecule is Cc1cc(C)c(NC(=O)COc2ncnc3onc(-c4ccccc4)c23)c(C)c1. The van der Waals surface area contributed by atoms with Gasteiger partial charge in [-0.1, -0.05) is 53.2 Å². The average molecular weight is 388 g/mol. The van der Waals surface area contributed by atoms with Gasteiger partial charge < -0.3 is 14.6 Å². The molecule has 2 aromatic carbocycles. The molecule has 0 fully saturated rings. The number of carbonyl (C=O) groups excluding carboxylic acids is 1. The van der Waals surface area contributed by atoms with Gasteiger partial charge in [0.1, 0.15) is 17.4 Å². The van der Waals surface area contributed by atoms with Gasteiger partial charge in [0.2, 0.25) is 5.88 Å². The van der Waals surface area contributed by atoms with Crippen LogP contribution in [0.3, 0.4) is 0 Å². The van der Waals surface area contributed by atoms with Crippen LogP contribution < -0.4 is 10.1 Å². The van der Waals surface area contributed by atoms with Gasteiger partial charge in [0.15, 0.2) is 6.61 Å². The van der Waals surface area contributed by atoms with Crippen molar-refractivity contribution >= 4 is 22.7 Å². The third-order valence-corrected chi connectivity index (χ3v) is 4.57. The summed E-state index contributed by atoms with van der Waals surface area (Å²) in [6.45, 7) is 5.76. The highest BCUT2D eigenvalue weighted by molar-refractivity contribution is 5.95. The predicted molar refractivity (Wildman–Crippen MR) is 110 cm³/mol. The summed E-state index contributed by atoms with van der Waals surface area (Å²) >= 11 is 0. The molecule has 0 aliphatic carbocycles. The largest absolute Gasteiger partial charge is 0.467 e. The fourth-order valence-electron chi connectivity index (χ4n) is 3.35. The molecule has 0 aliphatic heterocycles. The molecule has 0 spiro atoms.